The third-order valence-corrected chi connectivity index (χ3v) is 15.9. The van der Waals surface area contributed by atoms with Crippen LogP contribution in [0.2, 0.25) is 0 Å². The van der Waals surface area contributed by atoms with Crippen molar-refractivity contribution in [3.63, 3.8) is 0 Å². The molecule has 4 unspecified atom stereocenters. The van der Waals surface area contributed by atoms with Crippen LogP contribution in [0.15, 0.2) is 225 Å². The molecule has 0 amide bonds. The Labute approximate surface area is 370 Å². The molecule has 0 radical (unpaired) electrons. The fourth-order valence-electron chi connectivity index (χ4n) is 13.4. The van der Waals surface area contributed by atoms with E-state index in [9.17, 15) is 0 Å². The summed E-state index contributed by atoms with van der Waals surface area (Å²) in [5.41, 5.74) is 21.7. The number of rotatable bonds is 7. The highest BCUT2D eigenvalue weighted by atomic mass is 15.2. The van der Waals surface area contributed by atoms with Gasteiger partial charge in [-0.1, -0.05) is 152 Å². The molecule has 11 aliphatic rings. The maximum atomic E-state index is 2.94. The zero-order valence-corrected chi connectivity index (χ0v) is 36.3. The highest BCUT2D eigenvalue weighted by molar-refractivity contribution is 5.80. The van der Waals surface area contributed by atoms with Crippen molar-refractivity contribution in [3.05, 3.63) is 231 Å². The molecule has 0 N–H and O–H groups in total. The molecule has 1 spiro atoms. The second-order valence-electron chi connectivity index (χ2n) is 19.1. The lowest BCUT2D eigenvalue weighted by Gasteiger charge is -2.46. The molecule has 0 aromatic heterocycles. The van der Waals surface area contributed by atoms with Gasteiger partial charge < -0.3 is 9.80 Å². The third-order valence-electron chi connectivity index (χ3n) is 15.9. The minimum atomic E-state index is -0.177. The maximum absolute atomic E-state index is 2.94. The first kappa shape index (κ1) is 38.1. The van der Waals surface area contributed by atoms with Gasteiger partial charge in [0, 0.05) is 23.0 Å². The summed E-state index contributed by atoms with van der Waals surface area (Å²) in [6.45, 7) is 0. The Morgan fingerprint density at radius 1 is 0.548 bits per heavy atom. The van der Waals surface area contributed by atoms with Crippen LogP contribution in [0.4, 0.5) is 0 Å². The Morgan fingerprint density at radius 3 is 2.21 bits per heavy atom. The summed E-state index contributed by atoms with van der Waals surface area (Å²) in [5.74, 6) is 0. The fraction of sp³-hybridized carbons (Fsp3) is 0.333. The van der Waals surface area contributed by atoms with Crippen LogP contribution in [-0.2, 0) is 0 Å². The summed E-state index contributed by atoms with van der Waals surface area (Å²) in [6.07, 6.45) is 68.5. The van der Waals surface area contributed by atoms with Crippen molar-refractivity contribution in [2.75, 3.05) is 0 Å². The smallest absolute Gasteiger partial charge is 0.0645 e. The quantitative estimate of drug-likeness (QED) is 0.271. The minimum absolute atomic E-state index is 0.177. The first-order chi connectivity index (χ1) is 30.8. The average Bonchev–Trinajstić information content (AvgIpc) is 3.69. The second-order valence-corrected chi connectivity index (χ2v) is 19.1. The maximum Gasteiger partial charge on any atom is 0.0645 e. The van der Waals surface area contributed by atoms with Crippen molar-refractivity contribution in [1.82, 2.24) is 9.80 Å². The van der Waals surface area contributed by atoms with Gasteiger partial charge in [0.1, 0.15) is 0 Å². The molecule has 62 heavy (non-hydrogen) atoms. The van der Waals surface area contributed by atoms with E-state index in [0.29, 0.717) is 24.2 Å². The molecule has 11 aliphatic carbocycles. The molecular formula is C60H60N2. The predicted octanol–water partition coefficient (Wildman–Crippen LogP) is 14.4. The molecule has 0 saturated heterocycles. The van der Waals surface area contributed by atoms with Gasteiger partial charge in [-0.25, -0.2) is 0 Å². The van der Waals surface area contributed by atoms with E-state index in [1.54, 1.807) is 50.2 Å². The number of hydrogen-bond donors (Lipinski definition) is 0. The molecule has 0 fully saturated rings. The van der Waals surface area contributed by atoms with Crippen LogP contribution < -0.4 is 0 Å². The molecule has 2 nitrogen and oxygen atoms in total. The molecule has 0 heterocycles. The highest BCUT2D eigenvalue weighted by Crippen LogP contribution is 2.68. The number of benzene rings is 1. The van der Waals surface area contributed by atoms with E-state index in [0.717, 1.165) is 89.9 Å². The van der Waals surface area contributed by atoms with Gasteiger partial charge in [0.15, 0.2) is 0 Å². The van der Waals surface area contributed by atoms with Gasteiger partial charge in [0.2, 0.25) is 0 Å². The summed E-state index contributed by atoms with van der Waals surface area (Å²) < 4.78 is 0. The third kappa shape index (κ3) is 6.11. The monoisotopic (exact) mass is 808 g/mol. The van der Waals surface area contributed by atoms with Gasteiger partial charge >= 0.3 is 0 Å². The molecule has 0 saturated carbocycles. The van der Waals surface area contributed by atoms with E-state index in [4.69, 9.17) is 0 Å². The van der Waals surface area contributed by atoms with Crippen LogP contribution in [-0.4, -0.2) is 34.0 Å². The fourth-order valence-corrected chi connectivity index (χ4v) is 13.4. The lowest BCUT2D eigenvalue weighted by Crippen LogP contribution is -2.45. The standard InChI is InChI=1S/C60H60N2/c1-4-19-42(20-5-1)44-23-16-28-48(41-44)61(45-24-6-2-7-25-45)47-37-39-51-50-30-12-14-32-53(50)60(55(51)40-38-47)54-33-15-13-31-52(54)59-56(60)34-18-36-58(59)62(46-26-8-3-9-27-46)57-35-17-22-43-21-10-11-29-49(43)57/h1,3-6,8-10,14-17,19-26,28,32-33,36-37,39,46-48,57H,2,7,11-13,18,27,29-31,34-35,38,40-41H2/t46?,47-,48?,57?,60?/m0/s1. The Balaban J connectivity index is 0.966. The number of hydrogen-bond acceptors (Lipinski definition) is 2. The van der Waals surface area contributed by atoms with E-state index in [1.165, 1.54) is 34.5 Å². The molecule has 0 aliphatic heterocycles. The topological polar surface area (TPSA) is 6.48 Å². The van der Waals surface area contributed by atoms with E-state index >= 15 is 0 Å². The summed E-state index contributed by atoms with van der Waals surface area (Å²) in [4.78, 5) is 5.74. The van der Waals surface area contributed by atoms with Crippen LogP contribution in [0, 0.1) is 5.41 Å². The van der Waals surface area contributed by atoms with E-state index in [-0.39, 0.29) is 5.41 Å². The predicted molar refractivity (Wildman–Crippen MR) is 258 cm³/mol. The van der Waals surface area contributed by atoms with Crippen molar-refractivity contribution in [2.45, 2.75) is 120 Å². The van der Waals surface area contributed by atoms with Crippen LogP contribution in [0.3, 0.4) is 0 Å². The van der Waals surface area contributed by atoms with Gasteiger partial charge in [0.05, 0.1) is 23.5 Å². The summed E-state index contributed by atoms with van der Waals surface area (Å²) in [6, 6.07) is 12.4. The summed E-state index contributed by atoms with van der Waals surface area (Å²) in [7, 11) is 0. The molecule has 1 aromatic carbocycles. The SMILES string of the molecule is C1=CCC(N(C2=CCCC3=C2C2=C(C=CCC2)C32C3=C(CCC=C3)C3=C2CC[C@@H](N(C2=CCCC=C2)C2C=CC=C(c4ccccc4)C2)C=C3)C2CC=CC3=C2CCC=C3)C=C1. The first-order valence-electron chi connectivity index (χ1n) is 24.2. The van der Waals surface area contributed by atoms with Gasteiger partial charge in [-0.3, -0.25) is 0 Å². The number of fused-ring (bicyclic) bond motifs is 6. The lowest BCUT2D eigenvalue weighted by molar-refractivity contribution is 0.234. The van der Waals surface area contributed by atoms with Gasteiger partial charge in [-0.2, -0.15) is 0 Å². The van der Waals surface area contributed by atoms with E-state index in [2.05, 4.69) is 168 Å². The van der Waals surface area contributed by atoms with Crippen LogP contribution >= 0.6 is 0 Å². The Kier molecular flexibility index (Phi) is 9.80. The van der Waals surface area contributed by atoms with Crippen molar-refractivity contribution < 1.29 is 0 Å². The van der Waals surface area contributed by atoms with Crippen molar-refractivity contribution >= 4 is 5.57 Å². The zero-order chi connectivity index (χ0) is 41.0. The molecule has 12 rings (SSSR count). The molecule has 1 aromatic rings. The molecule has 310 valence electrons. The summed E-state index contributed by atoms with van der Waals surface area (Å²) >= 11 is 0. The largest absolute Gasteiger partial charge is 0.359 e. The van der Waals surface area contributed by atoms with Crippen molar-refractivity contribution in [1.29, 1.82) is 0 Å². The van der Waals surface area contributed by atoms with Crippen molar-refractivity contribution in [2.24, 2.45) is 5.41 Å². The zero-order valence-electron chi connectivity index (χ0n) is 36.3. The van der Waals surface area contributed by atoms with Crippen LogP contribution in [0.25, 0.3) is 5.57 Å². The van der Waals surface area contributed by atoms with Crippen LogP contribution in [0.1, 0.15) is 102 Å². The Bertz CT molecular complexity index is 2610. The second kappa shape index (κ2) is 15.9. The molecule has 2 heteroatoms. The number of allylic oxidation sites excluding steroid dienone is 24. The van der Waals surface area contributed by atoms with E-state index < -0.39 is 0 Å². The number of nitrogens with zero attached hydrogens (tertiary/aromatic N) is 2. The molecule has 0 bridgehead atoms. The Hall–Kier alpha value is -5.60. The molecular weight excluding hydrogens is 749 g/mol. The normalized spacial score (nSPS) is 30.4. The minimum Gasteiger partial charge on any atom is -0.359 e. The average molecular weight is 809 g/mol. The molecule has 5 atom stereocenters. The van der Waals surface area contributed by atoms with Gasteiger partial charge in [0.25, 0.3) is 0 Å². The van der Waals surface area contributed by atoms with Crippen LogP contribution in [0.5, 0.6) is 0 Å². The van der Waals surface area contributed by atoms with E-state index in [1.807, 2.05) is 0 Å². The van der Waals surface area contributed by atoms with Gasteiger partial charge in [-0.15, -0.1) is 0 Å². The van der Waals surface area contributed by atoms with Gasteiger partial charge in [-0.05, 0) is 164 Å². The van der Waals surface area contributed by atoms with Crippen molar-refractivity contribution in [3.8, 4) is 0 Å². The lowest BCUT2D eigenvalue weighted by atomic mass is 9.63. The first-order valence-corrected chi connectivity index (χ1v) is 24.2. The highest BCUT2D eigenvalue weighted by Gasteiger charge is 2.56. The Morgan fingerprint density at radius 2 is 1.35 bits per heavy atom. The summed E-state index contributed by atoms with van der Waals surface area (Å²) in [5, 5.41) is 0.